The highest BCUT2D eigenvalue weighted by molar-refractivity contribution is 6.95. The zero-order valence-corrected chi connectivity index (χ0v) is 30.7. The van der Waals surface area contributed by atoms with Gasteiger partial charge >= 0.3 is 0 Å². The minimum Gasteiger partial charge on any atom is -0.281 e. The lowest BCUT2D eigenvalue weighted by Crippen LogP contribution is -2.51. The van der Waals surface area contributed by atoms with Crippen LogP contribution >= 0.6 is 0 Å². The van der Waals surface area contributed by atoms with Crippen LogP contribution in [0.3, 0.4) is 0 Å². The van der Waals surface area contributed by atoms with E-state index in [2.05, 4.69) is 190 Å². The van der Waals surface area contributed by atoms with Gasteiger partial charge < -0.3 is 0 Å². The van der Waals surface area contributed by atoms with Crippen LogP contribution in [-0.4, -0.2) is 40.6 Å². The highest BCUT2D eigenvalue weighted by atomic mass is 15.4. The summed E-state index contributed by atoms with van der Waals surface area (Å²) in [7, 11) is 0. The summed E-state index contributed by atoms with van der Waals surface area (Å²) in [6.07, 6.45) is 3.69. The normalized spacial score (nSPS) is 12.0. The van der Waals surface area contributed by atoms with E-state index < -0.39 is 0 Å². The number of benzene rings is 6. The van der Waals surface area contributed by atoms with E-state index in [4.69, 9.17) is 5.10 Å². The van der Waals surface area contributed by atoms with Crippen molar-refractivity contribution < 1.29 is 0 Å². The molecular formula is C46H38BN7. The second-order valence-corrected chi connectivity index (χ2v) is 14.9. The van der Waals surface area contributed by atoms with Crippen LogP contribution in [0.2, 0.25) is 0 Å². The Morgan fingerprint density at radius 2 is 1.09 bits per heavy atom. The van der Waals surface area contributed by atoms with E-state index in [9.17, 15) is 0 Å². The third-order valence-electron chi connectivity index (χ3n) is 11.1. The van der Waals surface area contributed by atoms with Crippen LogP contribution in [0.4, 0.5) is 0 Å². The molecule has 260 valence electrons. The molecule has 0 spiro atoms. The van der Waals surface area contributed by atoms with Gasteiger partial charge in [0.2, 0.25) is 12.7 Å². The lowest BCUT2D eigenvalue weighted by molar-refractivity contribution is 0.796. The number of para-hydroxylation sites is 3. The van der Waals surface area contributed by atoms with Crippen LogP contribution in [0.5, 0.6) is 0 Å². The first-order valence-electron chi connectivity index (χ1n) is 18.7. The fourth-order valence-electron chi connectivity index (χ4n) is 8.60. The Morgan fingerprint density at radius 1 is 0.481 bits per heavy atom. The number of rotatable bonds is 7. The third kappa shape index (κ3) is 4.90. The maximum atomic E-state index is 4.87. The van der Waals surface area contributed by atoms with Crippen molar-refractivity contribution in [3.8, 4) is 11.6 Å². The largest absolute Gasteiger partial charge is 0.281 e. The quantitative estimate of drug-likeness (QED) is 0.124. The van der Waals surface area contributed by atoms with Gasteiger partial charge in [-0.25, -0.2) is 0 Å². The van der Waals surface area contributed by atoms with Crippen molar-refractivity contribution in [2.24, 2.45) is 0 Å². The van der Waals surface area contributed by atoms with E-state index in [0.29, 0.717) is 11.8 Å². The van der Waals surface area contributed by atoms with Gasteiger partial charge in [0, 0.05) is 21.5 Å². The van der Waals surface area contributed by atoms with Gasteiger partial charge in [0.15, 0.2) is 5.65 Å². The molecular weight excluding hydrogens is 661 g/mol. The van der Waals surface area contributed by atoms with Gasteiger partial charge in [0.05, 0.1) is 22.2 Å². The molecule has 4 heterocycles. The minimum absolute atomic E-state index is 0.0482. The molecule has 10 aromatic rings. The number of fused-ring (bicyclic) bond motifs is 9. The topological polar surface area (TPSA) is 65.8 Å². The molecule has 0 N–H and O–H groups in total. The first kappa shape index (κ1) is 32.1. The van der Waals surface area contributed by atoms with Gasteiger partial charge in [-0.1, -0.05) is 159 Å². The molecule has 0 aliphatic rings. The van der Waals surface area contributed by atoms with E-state index in [1.807, 2.05) is 12.7 Å². The summed E-state index contributed by atoms with van der Waals surface area (Å²) in [5, 5.41) is 24.2. The van der Waals surface area contributed by atoms with Crippen molar-refractivity contribution in [3.63, 3.8) is 0 Å². The predicted molar refractivity (Wildman–Crippen MR) is 223 cm³/mol. The molecule has 54 heavy (non-hydrogen) atoms. The maximum Gasteiger partial charge on any atom is 0.241 e. The van der Waals surface area contributed by atoms with Gasteiger partial charge in [-0.3, -0.25) is 13.5 Å². The number of nitrogens with zero attached hydrogens (tertiary/aromatic N) is 7. The second-order valence-electron chi connectivity index (χ2n) is 14.9. The monoisotopic (exact) mass is 699 g/mol. The second kappa shape index (κ2) is 12.6. The first-order chi connectivity index (χ1) is 26.5. The van der Waals surface area contributed by atoms with Gasteiger partial charge in [-0.05, 0) is 46.5 Å². The molecule has 0 bridgehead atoms. The maximum absolute atomic E-state index is 4.87. The van der Waals surface area contributed by atoms with E-state index in [0.717, 1.165) is 39.2 Å². The van der Waals surface area contributed by atoms with E-state index in [-0.39, 0.29) is 6.71 Å². The minimum atomic E-state index is -0.0482. The number of pyridine rings is 1. The smallest absolute Gasteiger partial charge is 0.241 e. The molecule has 7 nitrogen and oxygen atoms in total. The Labute approximate surface area is 313 Å². The summed E-state index contributed by atoms with van der Waals surface area (Å²) in [6.45, 7) is 8.98. The zero-order chi connectivity index (χ0) is 36.5. The number of hydrogen-bond donors (Lipinski definition) is 0. The van der Waals surface area contributed by atoms with Gasteiger partial charge in [-0.15, -0.1) is 20.4 Å². The lowest BCUT2D eigenvalue weighted by Gasteiger charge is -2.21. The third-order valence-corrected chi connectivity index (χ3v) is 11.1. The van der Waals surface area contributed by atoms with E-state index in [1.54, 1.807) is 0 Å². The van der Waals surface area contributed by atoms with Gasteiger partial charge in [0.1, 0.15) is 12.7 Å². The van der Waals surface area contributed by atoms with Crippen molar-refractivity contribution in [2.75, 3.05) is 0 Å². The van der Waals surface area contributed by atoms with Crippen molar-refractivity contribution in [1.82, 2.24) is 33.9 Å². The van der Waals surface area contributed by atoms with Crippen molar-refractivity contribution in [2.45, 2.75) is 39.5 Å². The summed E-state index contributed by atoms with van der Waals surface area (Å²) in [4.78, 5) is 0. The molecule has 6 aromatic carbocycles. The van der Waals surface area contributed by atoms with Crippen LogP contribution in [-0.2, 0) is 0 Å². The molecule has 0 amide bonds. The Bertz CT molecular complexity index is 3000. The molecule has 10 rings (SSSR count). The van der Waals surface area contributed by atoms with Crippen LogP contribution in [0.1, 0.15) is 50.7 Å². The Balaban J connectivity index is 1.23. The first-order valence-corrected chi connectivity index (χ1v) is 18.7. The summed E-state index contributed by atoms with van der Waals surface area (Å²) >= 11 is 0. The molecule has 0 saturated heterocycles. The van der Waals surface area contributed by atoms with E-state index >= 15 is 0 Å². The molecule has 0 radical (unpaired) electrons. The highest BCUT2D eigenvalue weighted by Gasteiger charge is 2.26. The summed E-state index contributed by atoms with van der Waals surface area (Å²) < 4.78 is 6.60. The van der Waals surface area contributed by atoms with Crippen molar-refractivity contribution in [1.29, 1.82) is 0 Å². The summed E-state index contributed by atoms with van der Waals surface area (Å²) in [5.41, 5.74) is 11.4. The molecule has 8 heteroatoms. The Kier molecular flexibility index (Phi) is 7.47. The number of aromatic nitrogens is 7. The fourth-order valence-corrected chi connectivity index (χ4v) is 8.60. The summed E-state index contributed by atoms with van der Waals surface area (Å²) in [5.74, 6) is 1.42. The molecule has 0 atom stereocenters. The molecule has 0 aliphatic heterocycles. The SMILES string of the molecule is CC(C)c1cccc(C(C)C)c1-n1cnnc1-n1c2ccccc2c2ccc(B(c3ccccc3)c3ccc4c5ccccc5n5cnnc5c4c3)cc21. The Hall–Kier alpha value is -6.54. The van der Waals surface area contributed by atoms with Crippen LogP contribution in [0, 0.1) is 0 Å². The van der Waals surface area contributed by atoms with Gasteiger partial charge in [-0.2, -0.15) is 0 Å². The molecule has 0 aliphatic carbocycles. The van der Waals surface area contributed by atoms with Gasteiger partial charge in [0.25, 0.3) is 0 Å². The predicted octanol–water partition coefficient (Wildman–Crippen LogP) is 8.48. The van der Waals surface area contributed by atoms with Crippen molar-refractivity contribution in [3.05, 3.63) is 157 Å². The van der Waals surface area contributed by atoms with Crippen molar-refractivity contribution >= 4 is 72.2 Å². The lowest BCUT2D eigenvalue weighted by atomic mass is 9.36. The Morgan fingerprint density at radius 3 is 1.83 bits per heavy atom. The van der Waals surface area contributed by atoms with E-state index in [1.165, 1.54) is 49.1 Å². The number of hydrogen-bond acceptors (Lipinski definition) is 4. The average Bonchev–Trinajstić information content (AvgIpc) is 3.96. The molecule has 4 aromatic heterocycles. The highest BCUT2D eigenvalue weighted by Crippen LogP contribution is 2.36. The van der Waals surface area contributed by atoms with Crippen LogP contribution in [0.25, 0.3) is 60.8 Å². The molecule has 0 unspecified atom stereocenters. The summed E-state index contributed by atoms with van der Waals surface area (Å²) in [6, 6.07) is 48.4. The average molecular weight is 700 g/mol. The zero-order valence-electron chi connectivity index (χ0n) is 30.7. The van der Waals surface area contributed by atoms with Crippen LogP contribution < -0.4 is 16.4 Å². The molecule has 0 saturated carbocycles. The fraction of sp³-hybridized carbons (Fsp3) is 0.130. The standard InChI is InChI=1S/C46H38BN7/c1-29(2)34-17-12-18-35(30(3)4)44(34)53-28-49-51-46(53)54-42-20-11-9-16-38(42)39-24-22-33(26-43(39)54)47(31-13-6-5-7-14-31)32-21-23-36-37-15-8-10-19-41(37)52-27-48-50-45(52)40(36)25-32/h5-30H,1-4H3. The van der Waals surface area contributed by atoms with Crippen LogP contribution in [0.15, 0.2) is 146 Å². The molecule has 0 fully saturated rings.